The lowest BCUT2D eigenvalue weighted by Gasteiger charge is -2.11. The first-order valence-corrected chi connectivity index (χ1v) is 8.31. The zero-order valence-electron chi connectivity index (χ0n) is 15.1. The first-order chi connectivity index (χ1) is 12.8. The van der Waals surface area contributed by atoms with Crippen LogP contribution in [0.25, 0.3) is 10.9 Å². The van der Waals surface area contributed by atoms with E-state index in [1.807, 2.05) is 32.9 Å². The number of amides is 2. The molecule has 0 saturated carbocycles. The summed E-state index contributed by atoms with van der Waals surface area (Å²) in [6.45, 7) is 5.89. The number of pyridine rings is 2. The van der Waals surface area contributed by atoms with Crippen LogP contribution in [0.15, 0.2) is 48.7 Å². The van der Waals surface area contributed by atoms with Crippen molar-refractivity contribution in [2.45, 2.75) is 26.9 Å². The van der Waals surface area contributed by atoms with Crippen molar-refractivity contribution in [2.24, 2.45) is 0 Å². The van der Waals surface area contributed by atoms with Gasteiger partial charge in [0.15, 0.2) is 0 Å². The Balaban J connectivity index is 0.00000126. The Morgan fingerprint density at radius 1 is 1.00 bits per heavy atom. The molecule has 142 valence electrons. The van der Waals surface area contributed by atoms with Gasteiger partial charge in [-0.05, 0) is 30.7 Å². The van der Waals surface area contributed by atoms with Crippen molar-refractivity contribution < 1.29 is 18.0 Å². The molecule has 0 radical (unpaired) electrons. The van der Waals surface area contributed by atoms with Gasteiger partial charge in [0, 0.05) is 11.6 Å². The maximum absolute atomic E-state index is 12.7. The molecule has 2 amide bonds. The zero-order valence-corrected chi connectivity index (χ0v) is 15.1. The predicted molar refractivity (Wildman–Crippen MR) is 99.7 cm³/mol. The number of fused-ring (bicyclic) bond motifs is 1. The molecule has 8 heteroatoms. The lowest BCUT2D eigenvalue weighted by Crippen LogP contribution is -2.21. The molecule has 0 aliphatic rings. The van der Waals surface area contributed by atoms with Gasteiger partial charge in [-0.25, -0.2) is 9.78 Å². The van der Waals surface area contributed by atoms with Crippen LogP contribution in [0.5, 0.6) is 0 Å². The molecule has 2 heterocycles. The molecule has 27 heavy (non-hydrogen) atoms. The molecule has 0 atom stereocenters. The van der Waals surface area contributed by atoms with Gasteiger partial charge in [0.1, 0.15) is 11.5 Å². The van der Waals surface area contributed by atoms with Gasteiger partial charge < -0.3 is 5.32 Å². The lowest BCUT2D eigenvalue weighted by atomic mass is 10.1. The van der Waals surface area contributed by atoms with Crippen LogP contribution in [0.1, 0.15) is 25.1 Å². The number of alkyl halides is 3. The van der Waals surface area contributed by atoms with Gasteiger partial charge >= 0.3 is 12.2 Å². The van der Waals surface area contributed by atoms with Crippen molar-refractivity contribution in [3.05, 3.63) is 59.9 Å². The van der Waals surface area contributed by atoms with Gasteiger partial charge in [0.25, 0.3) is 0 Å². The first kappa shape index (κ1) is 20.2. The van der Waals surface area contributed by atoms with Crippen LogP contribution in [0.3, 0.4) is 0 Å². The largest absolute Gasteiger partial charge is 0.433 e. The number of anilines is 2. The van der Waals surface area contributed by atoms with E-state index in [1.165, 1.54) is 12.1 Å². The maximum atomic E-state index is 12.7. The van der Waals surface area contributed by atoms with Crippen molar-refractivity contribution in [1.29, 1.82) is 0 Å². The summed E-state index contributed by atoms with van der Waals surface area (Å²) in [6, 6.07) is 9.74. The number of halogens is 3. The highest BCUT2D eigenvalue weighted by Gasteiger charge is 2.32. The Morgan fingerprint density at radius 2 is 1.70 bits per heavy atom. The van der Waals surface area contributed by atoms with Crippen LogP contribution < -0.4 is 10.6 Å². The highest BCUT2D eigenvalue weighted by atomic mass is 19.4. The number of rotatable bonds is 2. The number of carbonyl (C=O) groups is 1. The Hall–Kier alpha value is -3.16. The van der Waals surface area contributed by atoms with E-state index in [2.05, 4.69) is 20.6 Å². The SMILES string of the molecule is CC.Cc1cccc2c(NC(=O)Nc3cccc(C(F)(F)F)n3)ccnc12. The fourth-order valence-electron chi connectivity index (χ4n) is 2.36. The second-order valence-corrected chi connectivity index (χ2v) is 5.31. The van der Waals surface area contributed by atoms with Crippen molar-refractivity contribution in [3.63, 3.8) is 0 Å². The Kier molecular flexibility index (Phi) is 6.33. The second kappa shape index (κ2) is 8.48. The lowest BCUT2D eigenvalue weighted by molar-refractivity contribution is -0.141. The molecule has 0 fully saturated rings. The van der Waals surface area contributed by atoms with Crippen LogP contribution in [-0.4, -0.2) is 16.0 Å². The molecule has 2 N–H and O–H groups in total. The van der Waals surface area contributed by atoms with Gasteiger partial charge in [-0.3, -0.25) is 10.3 Å². The third-order valence-corrected chi connectivity index (χ3v) is 3.50. The Morgan fingerprint density at radius 3 is 2.41 bits per heavy atom. The van der Waals surface area contributed by atoms with Crippen molar-refractivity contribution in [1.82, 2.24) is 9.97 Å². The van der Waals surface area contributed by atoms with Crippen LogP contribution in [0, 0.1) is 6.92 Å². The summed E-state index contributed by atoms with van der Waals surface area (Å²) < 4.78 is 38.0. The van der Waals surface area contributed by atoms with Crippen LogP contribution in [0.2, 0.25) is 0 Å². The zero-order chi connectivity index (χ0) is 20.0. The van der Waals surface area contributed by atoms with Gasteiger partial charge in [0.05, 0.1) is 11.2 Å². The van der Waals surface area contributed by atoms with Crippen molar-refractivity contribution in [3.8, 4) is 0 Å². The van der Waals surface area contributed by atoms with E-state index in [9.17, 15) is 18.0 Å². The molecule has 0 unspecified atom stereocenters. The van der Waals surface area contributed by atoms with E-state index < -0.39 is 17.9 Å². The highest BCUT2D eigenvalue weighted by molar-refractivity contribution is 6.05. The van der Waals surface area contributed by atoms with Crippen LogP contribution in [-0.2, 0) is 6.18 Å². The molecule has 0 saturated heterocycles. The minimum Gasteiger partial charge on any atom is -0.307 e. The fourth-order valence-corrected chi connectivity index (χ4v) is 2.36. The predicted octanol–water partition coefficient (Wildman–Crippen LogP) is 5.63. The van der Waals surface area contributed by atoms with Crippen LogP contribution in [0.4, 0.5) is 29.5 Å². The normalized spacial score (nSPS) is 10.7. The van der Waals surface area contributed by atoms with Gasteiger partial charge in [-0.15, -0.1) is 0 Å². The monoisotopic (exact) mass is 376 g/mol. The molecule has 0 aliphatic heterocycles. The molecule has 0 bridgehead atoms. The molecule has 0 spiro atoms. The molecule has 0 aliphatic carbocycles. The second-order valence-electron chi connectivity index (χ2n) is 5.31. The number of aromatic nitrogens is 2. The molecule has 1 aromatic carbocycles. The third-order valence-electron chi connectivity index (χ3n) is 3.50. The topological polar surface area (TPSA) is 66.9 Å². The average Bonchev–Trinajstić information content (AvgIpc) is 2.64. The van der Waals surface area contributed by atoms with E-state index in [0.717, 1.165) is 22.5 Å². The summed E-state index contributed by atoms with van der Waals surface area (Å²) in [4.78, 5) is 19.8. The standard InChI is InChI=1S/C17H13F3N4O.C2H6/c1-10-4-2-5-11-12(8-9-21-15(10)11)22-16(25)24-14-7-3-6-13(23-14)17(18,19)20;1-2/h2-9H,1H3,(H2,21,22,23,24,25);1-2H3. The van der Waals surface area contributed by atoms with Crippen molar-refractivity contribution >= 4 is 28.4 Å². The fraction of sp³-hybridized carbons (Fsp3) is 0.211. The number of hydrogen-bond donors (Lipinski definition) is 2. The molecule has 5 nitrogen and oxygen atoms in total. The van der Waals surface area contributed by atoms with Gasteiger partial charge in [0.2, 0.25) is 0 Å². The quantitative estimate of drug-likeness (QED) is 0.609. The minimum absolute atomic E-state index is 0.193. The smallest absolute Gasteiger partial charge is 0.307 e. The highest BCUT2D eigenvalue weighted by Crippen LogP contribution is 2.28. The minimum atomic E-state index is -4.58. The maximum Gasteiger partial charge on any atom is 0.433 e. The Labute approximate surface area is 154 Å². The number of aryl methyl sites for hydroxylation is 1. The third kappa shape index (κ3) is 4.93. The molecular formula is C19H19F3N4O. The number of carbonyl (C=O) groups excluding carboxylic acids is 1. The van der Waals surface area contributed by atoms with Gasteiger partial charge in [-0.2, -0.15) is 13.2 Å². The molecule has 3 rings (SSSR count). The molecular weight excluding hydrogens is 357 g/mol. The summed E-state index contributed by atoms with van der Waals surface area (Å²) in [5.74, 6) is -0.193. The number of nitrogens with one attached hydrogen (secondary N) is 2. The summed E-state index contributed by atoms with van der Waals surface area (Å²) in [5, 5.41) is 5.64. The average molecular weight is 376 g/mol. The number of hydrogen-bond acceptors (Lipinski definition) is 3. The number of benzene rings is 1. The van der Waals surface area contributed by atoms with E-state index in [0.29, 0.717) is 5.69 Å². The summed E-state index contributed by atoms with van der Waals surface area (Å²) in [6.07, 6.45) is -3.03. The molecule has 2 aromatic heterocycles. The van der Waals surface area contributed by atoms with E-state index >= 15 is 0 Å². The Bertz CT molecular complexity index is 942. The molecule has 3 aromatic rings. The summed E-state index contributed by atoms with van der Waals surface area (Å²) in [5.41, 5.74) is 1.10. The first-order valence-electron chi connectivity index (χ1n) is 8.31. The van der Waals surface area contributed by atoms with Gasteiger partial charge in [-0.1, -0.05) is 38.1 Å². The van der Waals surface area contributed by atoms with Crippen molar-refractivity contribution in [2.75, 3.05) is 10.6 Å². The van der Waals surface area contributed by atoms with E-state index in [-0.39, 0.29) is 5.82 Å². The van der Waals surface area contributed by atoms with E-state index in [1.54, 1.807) is 18.3 Å². The van der Waals surface area contributed by atoms with E-state index in [4.69, 9.17) is 0 Å². The number of nitrogens with zero attached hydrogens (tertiary/aromatic N) is 2. The number of urea groups is 1. The summed E-state index contributed by atoms with van der Waals surface area (Å²) in [7, 11) is 0. The summed E-state index contributed by atoms with van der Waals surface area (Å²) >= 11 is 0. The number of para-hydroxylation sites is 1. The van der Waals surface area contributed by atoms with Crippen LogP contribution >= 0.6 is 0 Å².